The molecule has 0 aromatic heterocycles. The Morgan fingerprint density at radius 2 is 1.76 bits per heavy atom. The molecule has 2 aliphatic carbocycles. The Hall–Kier alpha value is -0.0800. The molecule has 1 saturated heterocycles. The molecule has 0 spiro atoms. The molecule has 1 N–H and O–H groups in total. The van der Waals surface area contributed by atoms with Crippen molar-refractivity contribution >= 4 is 0 Å². The van der Waals surface area contributed by atoms with Crippen LogP contribution in [0.25, 0.3) is 0 Å². The summed E-state index contributed by atoms with van der Waals surface area (Å²) in [6, 6.07) is 1.66. The number of hydrogen-bond acceptors (Lipinski definition) is 2. The van der Waals surface area contributed by atoms with Gasteiger partial charge in [-0.2, -0.15) is 0 Å². The molecule has 1 heterocycles. The van der Waals surface area contributed by atoms with E-state index in [2.05, 4.69) is 17.1 Å². The fraction of sp³-hybridized carbons (Fsp3) is 1.00. The number of nitrogens with one attached hydrogen (secondary N) is 1. The molecule has 3 aliphatic rings. The summed E-state index contributed by atoms with van der Waals surface area (Å²) >= 11 is 0. The van der Waals surface area contributed by atoms with Crippen molar-refractivity contribution in [1.29, 1.82) is 0 Å². The van der Waals surface area contributed by atoms with E-state index in [-0.39, 0.29) is 0 Å². The van der Waals surface area contributed by atoms with Gasteiger partial charge in [0.1, 0.15) is 0 Å². The zero-order valence-corrected chi connectivity index (χ0v) is 14.2. The highest BCUT2D eigenvalue weighted by atomic mass is 15.2. The molecule has 2 heteroatoms. The van der Waals surface area contributed by atoms with Gasteiger partial charge in [-0.15, -0.1) is 0 Å². The van der Waals surface area contributed by atoms with Crippen molar-refractivity contribution in [3.63, 3.8) is 0 Å². The molecule has 0 radical (unpaired) electrons. The maximum Gasteiger partial charge on any atom is 0.0195 e. The normalized spacial score (nSPS) is 31.0. The largest absolute Gasteiger partial charge is 0.312 e. The van der Waals surface area contributed by atoms with E-state index in [1.807, 2.05) is 0 Å². The van der Waals surface area contributed by atoms with E-state index >= 15 is 0 Å². The third-order valence-electron chi connectivity index (χ3n) is 6.45. The van der Waals surface area contributed by atoms with Gasteiger partial charge in [-0.1, -0.05) is 32.6 Å². The number of piperidine rings is 1. The molecule has 0 aromatic carbocycles. The Bertz CT molecular complexity index is 294. The minimum Gasteiger partial charge on any atom is -0.312 e. The smallest absolute Gasteiger partial charge is 0.0195 e. The van der Waals surface area contributed by atoms with E-state index in [9.17, 15) is 0 Å². The third kappa shape index (κ3) is 4.22. The molecular formula is C19H36N2. The minimum atomic E-state index is 0.773. The van der Waals surface area contributed by atoms with Crippen LogP contribution in [0.5, 0.6) is 0 Å². The van der Waals surface area contributed by atoms with Gasteiger partial charge in [0.2, 0.25) is 0 Å². The molecule has 2 nitrogen and oxygen atoms in total. The maximum absolute atomic E-state index is 3.93. The molecule has 3 fully saturated rings. The molecule has 2 saturated carbocycles. The molecule has 3 rings (SSSR count). The van der Waals surface area contributed by atoms with Crippen molar-refractivity contribution in [2.75, 3.05) is 19.6 Å². The lowest BCUT2D eigenvalue weighted by Crippen LogP contribution is -2.53. The Labute approximate surface area is 132 Å². The molecule has 1 aliphatic heterocycles. The first-order chi connectivity index (χ1) is 10.4. The monoisotopic (exact) mass is 292 g/mol. The molecule has 2 unspecified atom stereocenters. The van der Waals surface area contributed by atoms with Crippen molar-refractivity contribution in [3.8, 4) is 0 Å². The van der Waals surface area contributed by atoms with Crippen molar-refractivity contribution in [1.82, 2.24) is 10.2 Å². The Balaban J connectivity index is 1.43. The fourth-order valence-electron chi connectivity index (χ4n) is 4.91. The number of likely N-dealkylation sites (tertiary alicyclic amines) is 1. The average Bonchev–Trinajstić information content (AvgIpc) is 2.50. The zero-order chi connectivity index (χ0) is 14.5. The second kappa shape index (κ2) is 7.97. The predicted molar refractivity (Wildman–Crippen MR) is 90.6 cm³/mol. The second-order valence-electron chi connectivity index (χ2n) is 7.91. The topological polar surface area (TPSA) is 15.3 Å². The van der Waals surface area contributed by atoms with E-state index in [1.54, 1.807) is 0 Å². The van der Waals surface area contributed by atoms with Crippen molar-refractivity contribution in [2.24, 2.45) is 11.8 Å². The van der Waals surface area contributed by atoms with Gasteiger partial charge in [-0.3, -0.25) is 4.90 Å². The van der Waals surface area contributed by atoms with Crippen LogP contribution in [0.3, 0.4) is 0 Å². The highest BCUT2D eigenvalue weighted by molar-refractivity contribution is 4.89. The molecule has 0 bridgehead atoms. The average molecular weight is 293 g/mol. The summed E-state index contributed by atoms with van der Waals surface area (Å²) in [6.45, 7) is 6.37. The molecular weight excluding hydrogens is 256 g/mol. The van der Waals surface area contributed by atoms with Crippen LogP contribution in [0, 0.1) is 11.8 Å². The number of nitrogens with zero attached hydrogens (tertiary/aromatic N) is 1. The van der Waals surface area contributed by atoms with Crippen LogP contribution in [0.4, 0.5) is 0 Å². The predicted octanol–water partition coefficient (Wildman–Crippen LogP) is 4.20. The lowest BCUT2D eigenvalue weighted by Gasteiger charge is -2.44. The Morgan fingerprint density at radius 1 is 0.952 bits per heavy atom. The molecule has 2 atom stereocenters. The standard InChI is InChI=1S/C19H36N2/c1-2-19(17-10-6-11-17)21-13-7-12-18(15-21)20-14-16-8-4-3-5-9-16/h16-20H,2-15H2,1H3. The minimum absolute atomic E-state index is 0.773. The lowest BCUT2D eigenvalue weighted by atomic mass is 9.77. The van der Waals surface area contributed by atoms with E-state index in [1.165, 1.54) is 90.3 Å². The fourth-order valence-corrected chi connectivity index (χ4v) is 4.91. The zero-order valence-electron chi connectivity index (χ0n) is 14.2. The summed E-state index contributed by atoms with van der Waals surface area (Å²) in [6.07, 6.45) is 16.0. The van der Waals surface area contributed by atoms with E-state index in [0.29, 0.717) is 0 Å². The van der Waals surface area contributed by atoms with Gasteiger partial charge in [-0.25, -0.2) is 0 Å². The highest BCUT2D eigenvalue weighted by Gasteiger charge is 2.33. The van der Waals surface area contributed by atoms with Crippen LogP contribution >= 0.6 is 0 Å². The number of rotatable bonds is 6. The van der Waals surface area contributed by atoms with E-state index in [0.717, 1.165) is 23.9 Å². The van der Waals surface area contributed by atoms with Gasteiger partial charge >= 0.3 is 0 Å². The van der Waals surface area contributed by atoms with E-state index in [4.69, 9.17) is 0 Å². The number of hydrogen-bond donors (Lipinski definition) is 1. The quantitative estimate of drug-likeness (QED) is 0.789. The summed E-state index contributed by atoms with van der Waals surface area (Å²) in [4.78, 5) is 2.84. The summed E-state index contributed by atoms with van der Waals surface area (Å²) in [5.74, 6) is 2.00. The SMILES string of the molecule is CCC(C1CCC1)N1CCCC(NCC2CCCCC2)C1. The molecule has 0 amide bonds. The molecule has 122 valence electrons. The molecule has 0 aromatic rings. The van der Waals surface area contributed by atoms with Crippen LogP contribution in [0.15, 0.2) is 0 Å². The summed E-state index contributed by atoms with van der Waals surface area (Å²) in [7, 11) is 0. The van der Waals surface area contributed by atoms with Crippen LogP contribution in [0.1, 0.15) is 77.6 Å². The van der Waals surface area contributed by atoms with Crippen LogP contribution < -0.4 is 5.32 Å². The van der Waals surface area contributed by atoms with Gasteiger partial charge in [0, 0.05) is 18.6 Å². The first kappa shape index (κ1) is 15.8. The van der Waals surface area contributed by atoms with Gasteiger partial charge in [-0.05, 0) is 69.9 Å². The summed E-state index contributed by atoms with van der Waals surface area (Å²) in [5.41, 5.74) is 0. The van der Waals surface area contributed by atoms with Crippen LogP contribution in [0.2, 0.25) is 0 Å². The molecule has 21 heavy (non-hydrogen) atoms. The van der Waals surface area contributed by atoms with Crippen molar-refractivity contribution in [3.05, 3.63) is 0 Å². The lowest BCUT2D eigenvalue weighted by molar-refractivity contribution is 0.0618. The Kier molecular flexibility index (Phi) is 5.99. The van der Waals surface area contributed by atoms with Crippen molar-refractivity contribution < 1.29 is 0 Å². The Morgan fingerprint density at radius 3 is 2.43 bits per heavy atom. The van der Waals surface area contributed by atoms with E-state index < -0.39 is 0 Å². The van der Waals surface area contributed by atoms with Crippen molar-refractivity contribution in [2.45, 2.75) is 89.6 Å². The summed E-state index contributed by atoms with van der Waals surface area (Å²) in [5, 5.41) is 3.93. The third-order valence-corrected chi connectivity index (χ3v) is 6.45. The van der Waals surface area contributed by atoms with Crippen LogP contribution in [-0.2, 0) is 0 Å². The van der Waals surface area contributed by atoms with Gasteiger partial charge < -0.3 is 5.32 Å². The first-order valence-electron chi connectivity index (χ1n) is 9.84. The maximum atomic E-state index is 3.93. The van der Waals surface area contributed by atoms with Gasteiger partial charge in [0.15, 0.2) is 0 Å². The highest BCUT2D eigenvalue weighted by Crippen LogP contribution is 2.34. The first-order valence-corrected chi connectivity index (χ1v) is 9.84. The second-order valence-corrected chi connectivity index (χ2v) is 7.91. The van der Waals surface area contributed by atoms with Crippen LogP contribution in [-0.4, -0.2) is 36.6 Å². The summed E-state index contributed by atoms with van der Waals surface area (Å²) < 4.78 is 0. The van der Waals surface area contributed by atoms with Gasteiger partial charge in [0.25, 0.3) is 0 Å². The van der Waals surface area contributed by atoms with Gasteiger partial charge in [0.05, 0.1) is 0 Å².